The van der Waals surface area contributed by atoms with Gasteiger partial charge in [-0.15, -0.1) is 0 Å². The SMILES string of the molecule is CCc1cccc(C(=O)c2ccc(Cl)cn2)c1. The van der Waals surface area contributed by atoms with E-state index in [0.29, 0.717) is 16.3 Å². The highest BCUT2D eigenvalue weighted by Crippen LogP contribution is 2.12. The van der Waals surface area contributed by atoms with Gasteiger partial charge in [-0.3, -0.25) is 9.78 Å². The summed E-state index contributed by atoms with van der Waals surface area (Å²) in [5.41, 5.74) is 2.23. The minimum Gasteiger partial charge on any atom is -0.287 e. The molecule has 0 atom stereocenters. The summed E-state index contributed by atoms with van der Waals surface area (Å²) in [7, 11) is 0. The van der Waals surface area contributed by atoms with Crippen LogP contribution in [0.4, 0.5) is 0 Å². The van der Waals surface area contributed by atoms with Crippen LogP contribution >= 0.6 is 11.6 Å². The summed E-state index contributed by atoms with van der Waals surface area (Å²) in [6, 6.07) is 10.9. The molecule has 0 radical (unpaired) electrons. The van der Waals surface area contributed by atoms with Crippen molar-refractivity contribution in [1.82, 2.24) is 4.98 Å². The molecule has 0 amide bonds. The van der Waals surface area contributed by atoms with Crippen LogP contribution in [-0.4, -0.2) is 10.8 Å². The van der Waals surface area contributed by atoms with Crippen LogP contribution in [0.1, 0.15) is 28.5 Å². The maximum absolute atomic E-state index is 12.1. The molecule has 0 saturated heterocycles. The molecule has 0 fully saturated rings. The Bertz CT molecular complexity index is 534. The van der Waals surface area contributed by atoms with Crippen molar-refractivity contribution in [2.24, 2.45) is 0 Å². The minimum absolute atomic E-state index is 0.0723. The van der Waals surface area contributed by atoms with E-state index in [-0.39, 0.29) is 5.78 Å². The van der Waals surface area contributed by atoms with Gasteiger partial charge in [-0.05, 0) is 30.2 Å². The lowest BCUT2D eigenvalue weighted by Crippen LogP contribution is -2.04. The standard InChI is InChI=1S/C14H12ClNO/c1-2-10-4-3-5-11(8-10)14(17)13-7-6-12(15)9-16-13/h3-9H,2H2,1H3. The number of carbonyl (C=O) groups is 1. The lowest BCUT2D eigenvalue weighted by Gasteiger charge is -2.02. The van der Waals surface area contributed by atoms with Crippen molar-refractivity contribution in [3.8, 4) is 0 Å². The molecule has 0 bridgehead atoms. The fraction of sp³-hybridized carbons (Fsp3) is 0.143. The van der Waals surface area contributed by atoms with Gasteiger partial charge in [-0.2, -0.15) is 0 Å². The Labute approximate surface area is 105 Å². The van der Waals surface area contributed by atoms with Crippen LogP contribution in [0.25, 0.3) is 0 Å². The van der Waals surface area contributed by atoms with E-state index in [4.69, 9.17) is 11.6 Å². The van der Waals surface area contributed by atoms with Gasteiger partial charge < -0.3 is 0 Å². The zero-order valence-electron chi connectivity index (χ0n) is 9.48. The Morgan fingerprint density at radius 2 is 2.12 bits per heavy atom. The predicted octanol–water partition coefficient (Wildman–Crippen LogP) is 3.53. The highest BCUT2D eigenvalue weighted by Gasteiger charge is 2.10. The van der Waals surface area contributed by atoms with Gasteiger partial charge in [-0.25, -0.2) is 0 Å². The second kappa shape index (κ2) is 5.11. The molecule has 1 aromatic heterocycles. The smallest absolute Gasteiger partial charge is 0.211 e. The second-order valence-corrected chi connectivity index (χ2v) is 4.18. The van der Waals surface area contributed by atoms with E-state index in [0.717, 1.165) is 12.0 Å². The largest absolute Gasteiger partial charge is 0.287 e. The van der Waals surface area contributed by atoms with Crippen molar-refractivity contribution < 1.29 is 4.79 Å². The van der Waals surface area contributed by atoms with Crippen LogP contribution in [0, 0.1) is 0 Å². The number of nitrogens with zero attached hydrogens (tertiary/aromatic N) is 1. The zero-order chi connectivity index (χ0) is 12.3. The Hall–Kier alpha value is -1.67. The number of hydrogen-bond acceptors (Lipinski definition) is 2. The Kier molecular flexibility index (Phi) is 3.55. The Morgan fingerprint density at radius 1 is 1.29 bits per heavy atom. The summed E-state index contributed by atoms with van der Waals surface area (Å²) in [6.45, 7) is 2.06. The molecule has 0 aliphatic heterocycles. The molecule has 3 heteroatoms. The molecule has 0 aliphatic carbocycles. The Morgan fingerprint density at radius 3 is 2.76 bits per heavy atom. The quantitative estimate of drug-likeness (QED) is 0.775. The Balaban J connectivity index is 2.33. The van der Waals surface area contributed by atoms with Crippen molar-refractivity contribution >= 4 is 17.4 Å². The van der Waals surface area contributed by atoms with Crippen molar-refractivity contribution in [1.29, 1.82) is 0 Å². The average Bonchev–Trinajstić information content (AvgIpc) is 2.39. The lowest BCUT2D eigenvalue weighted by molar-refractivity contribution is 0.103. The molecule has 1 heterocycles. The number of rotatable bonds is 3. The van der Waals surface area contributed by atoms with E-state index >= 15 is 0 Å². The van der Waals surface area contributed by atoms with Gasteiger partial charge in [-0.1, -0.05) is 36.7 Å². The van der Waals surface area contributed by atoms with Crippen LogP contribution in [0.15, 0.2) is 42.6 Å². The first-order valence-electron chi connectivity index (χ1n) is 5.46. The fourth-order valence-electron chi connectivity index (χ4n) is 1.59. The first kappa shape index (κ1) is 11.8. The molecule has 0 unspecified atom stereocenters. The number of halogens is 1. The number of ketones is 1. The molecule has 86 valence electrons. The van der Waals surface area contributed by atoms with Gasteiger partial charge in [0.15, 0.2) is 0 Å². The summed E-state index contributed by atoms with van der Waals surface area (Å²) in [5.74, 6) is -0.0723. The van der Waals surface area contributed by atoms with Crippen LogP contribution in [-0.2, 0) is 6.42 Å². The van der Waals surface area contributed by atoms with Crippen molar-refractivity contribution in [2.75, 3.05) is 0 Å². The topological polar surface area (TPSA) is 30.0 Å². The van der Waals surface area contributed by atoms with Crippen molar-refractivity contribution in [2.45, 2.75) is 13.3 Å². The van der Waals surface area contributed by atoms with Gasteiger partial charge in [0.1, 0.15) is 5.69 Å². The third-order valence-electron chi connectivity index (χ3n) is 2.56. The number of aryl methyl sites for hydroxylation is 1. The number of benzene rings is 1. The first-order chi connectivity index (χ1) is 8.20. The van der Waals surface area contributed by atoms with E-state index in [1.807, 2.05) is 18.2 Å². The summed E-state index contributed by atoms with van der Waals surface area (Å²) >= 11 is 5.74. The highest BCUT2D eigenvalue weighted by atomic mass is 35.5. The normalized spacial score (nSPS) is 10.2. The minimum atomic E-state index is -0.0723. The molecular weight excluding hydrogens is 234 g/mol. The monoisotopic (exact) mass is 245 g/mol. The molecule has 0 spiro atoms. The van der Waals surface area contributed by atoms with E-state index in [1.165, 1.54) is 6.20 Å². The highest BCUT2D eigenvalue weighted by molar-refractivity contribution is 6.30. The molecule has 0 saturated carbocycles. The van der Waals surface area contributed by atoms with Gasteiger partial charge >= 0.3 is 0 Å². The van der Waals surface area contributed by atoms with Gasteiger partial charge in [0, 0.05) is 11.8 Å². The summed E-state index contributed by atoms with van der Waals surface area (Å²) in [6.07, 6.45) is 2.40. The number of hydrogen-bond donors (Lipinski definition) is 0. The first-order valence-corrected chi connectivity index (χ1v) is 5.83. The molecule has 17 heavy (non-hydrogen) atoms. The summed E-state index contributed by atoms with van der Waals surface area (Å²) in [5, 5.41) is 0.531. The predicted molar refractivity (Wildman–Crippen MR) is 68.5 cm³/mol. The van der Waals surface area contributed by atoms with Crippen molar-refractivity contribution in [3.05, 3.63) is 64.4 Å². The molecular formula is C14H12ClNO. The lowest BCUT2D eigenvalue weighted by atomic mass is 10.0. The molecule has 0 aliphatic rings. The van der Waals surface area contributed by atoms with E-state index < -0.39 is 0 Å². The van der Waals surface area contributed by atoms with Gasteiger partial charge in [0.05, 0.1) is 5.02 Å². The van der Waals surface area contributed by atoms with Gasteiger partial charge in [0.2, 0.25) is 5.78 Å². The number of pyridine rings is 1. The van der Waals surface area contributed by atoms with E-state index in [9.17, 15) is 4.79 Å². The molecule has 1 aromatic carbocycles. The van der Waals surface area contributed by atoms with E-state index in [1.54, 1.807) is 18.2 Å². The summed E-state index contributed by atoms with van der Waals surface area (Å²) in [4.78, 5) is 16.1. The average molecular weight is 246 g/mol. The number of aromatic nitrogens is 1. The maximum Gasteiger partial charge on any atom is 0.211 e. The molecule has 2 rings (SSSR count). The van der Waals surface area contributed by atoms with Crippen LogP contribution in [0.3, 0.4) is 0 Å². The molecule has 0 N–H and O–H groups in total. The van der Waals surface area contributed by atoms with Crippen LogP contribution in [0.2, 0.25) is 5.02 Å². The van der Waals surface area contributed by atoms with Gasteiger partial charge in [0.25, 0.3) is 0 Å². The second-order valence-electron chi connectivity index (χ2n) is 3.74. The maximum atomic E-state index is 12.1. The third kappa shape index (κ3) is 2.71. The van der Waals surface area contributed by atoms with Crippen molar-refractivity contribution in [3.63, 3.8) is 0 Å². The fourth-order valence-corrected chi connectivity index (χ4v) is 1.70. The van der Waals surface area contributed by atoms with E-state index in [2.05, 4.69) is 11.9 Å². The third-order valence-corrected chi connectivity index (χ3v) is 2.78. The summed E-state index contributed by atoms with van der Waals surface area (Å²) < 4.78 is 0. The zero-order valence-corrected chi connectivity index (χ0v) is 10.2. The van der Waals surface area contributed by atoms with Crippen LogP contribution < -0.4 is 0 Å². The molecule has 2 nitrogen and oxygen atoms in total. The van der Waals surface area contributed by atoms with Crippen LogP contribution in [0.5, 0.6) is 0 Å². The number of carbonyl (C=O) groups excluding carboxylic acids is 1. The molecule has 2 aromatic rings.